The number of cyclic esters (lactones) is 1. The zero-order valence-electron chi connectivity index (χ0n) is 13.1. The summed E-state index contributed by atoms with van der Waals surface area (Å²) < 4.78 is 10.2. The third kappa shape index (κ3) is 3.48. The van der Waals surface area contributed by atoms with Crippen molar-refractivity contribution in [3.05, 3.63) is 75.4 Å². The van der Waals surface area contributed by atoms with Crippen LogP contribution in [-0.4, -0.2) is 19.0 Å². The van der Waals surface area contributed by atoms with E-state index in [4.69, 9.17) is 32.7 Å². The van der Waals surface area contributed by atoms with Crippen LogP contribution in [0.5, 0.6) is 0 Å². The van der Waals surface area contributed by atoms with Gasteiger partial charge in [-0.15, -0.1) is 0 Å². The second-order valence-electron chi connectivity index (χ2n) is 5.22. The Labute approximate surface area is 154 Å². The molecule has 0 aliphatic carbocycles. The summed E-state index contributed by atoms with van der Waals surface area (Å²) in [6.45, 7) is 0. The van der Waals surface area contributed by atoms with Crippen LogP contribution < -0.4 is 5.32 Å². The number of rotatable bonds is 4. The second-order valence-corrected chi connectivity index (χ2v) is 6.07. The summed E-state index contributed by atoms with van der Waals surface area (Å²) in [4.78, 5) is 24.7. The van der Waals surface area contributed by atoms with E-state index in [9.17, 15) is 9.59 Å². The largest absolute Gasteiger partial charge is 0.465 e. The summed E-state index contributed by atoms with van der Waals surface area (Å²) in [5.74, 6) is -1.35. The highest BCUT2D eigenvalue weighted by Gasteiger charge is 2.41. The van der Waals surface area contributed by atoms with Crippen LogP contribution in [0.15, 0.2) is 59.8 Å². The normalized spacial score (nSPS) is 16.6. The second kappa shape index (κ2) is 7.17. The molecule has 2 aromatic carbocycles. The maximum absolute atomic E-state index is 12.4. The molecule has 1 heterocycles. The fourth-order valence-electron chi connectivity index (χ4n) is 2.50. The van der Waals surface area contributed by atoms with Gasteiger partial charge in [0, 0.05) is 21.3 Å². The van der Waals surface area contributed by atoms with Crippen molar-refractivity contribution in [3.63, 3.8) is 0 Å². The van der Waals surface area contributed by atoms with E-state index < -0.39 is 18.0 Å². The number of carbonyl (C=O) groups excluding carboxylic acids is 2. The van der Waals surface area contributed by atoms with Crippen LogP contribution in [0.4, 0.5) is 5.69 Å². The molecule has 5 nitrogen and oxygen atoms in total. The van der Waals surface area contributed by atoms with E-state index in [1.54, 1.807) is 36.4 Å². The number of carbonyl (C=O) groups is 2. The molecule has 0 radical (unpaired) electrons. The molecule has 0 saturated heterocycles. The van der Waals surface area contributed by atoms with Crippen LogP contribution in [0, 0.1) is 0 Å². The Balaban J connectivity index is 2.07. The number of hydrogen-bond donors (Lipinski definition) is 1. The molecule has 25 heavy (non-hydrogen) atoms. The number of para-hydroxylation sites is 1. The van der Waals surface area contributed by atoms with Crippen molar-refractivity contribution in [3.8, 4) is 0 Å². The molecule has 0 aromatic heterocycles. The first-order valence-electron chi connectivity index (χ1n) is 7.31. The standard InChI is InChI=1S/C18H13Cl2NO4/c1-24-17(22)14-15(21-11-5-3-2-4-6-11)18(23)25-16(14)12-8-7-10(19)9-13(12)20/h2-9,16,21H,1H3. The highest BCUT2D eigenvalue weighted by Crippen LogP contribution is 2.39. The van der Waals surface area contributed by atoms with E-state index in [1.165, 1.54) is 13.2 Å². The summed E-state index contributed by atoms with van der Waals surface area (Å²) in [6, 6.07) is 13.7. The third-order valence-corrected chi connectivity index (χ3v) is 4.22. The molecular weight excluding hydrogens is 365 g/mol. The number of halogens is 2. The van der Waals surface area contributed by atoms with E-state index in [0.29, 0.717) is 16.3 Å². The average molecular weight is 378 g/mol. The lowest BCUT2D eigenvalue weighted by atomic mass is 10.0. The van der Waals surface area contributed by atoms with E-state index in [2.05, 4.69) is 5.32 Å². The fourth-order valence-corrected chi connectivity index (χ4v) is 3.01. The monoisotopic (exact) mass is 377 g/mol. The molecule has 3 rings (SSSR count). The van der Waals surface area contributed by atoms with Crippen LogP contribution in [0.2, 0.25) is 10.0 Å². The average Bonchev–Trinajstić information content (AvgIpc) is 2.91. The Hall–Kier alpha value is -2.50. The third-order valence-electron chi connectivity index (χ3n) is 3.65. The molecule has 0 amide bonds. The van der Waals surface area contributed by atoms with Crippen molar-refractivity contribution in [2.45, 2.75) is 6.10 Å². The number of anilines is 1. The zero-order chi connectivity index (χ0) is 18.0. The molecular formula is C18H13Cl2NO4. The van der Waals surface area contributed by atoms with Gasteiger partial charge in [-0.2, -0.15) is 0 Å². The predicted molar refractivity (Wildman–Crippen MR) is 94.4 cm³/mol. The van der Waals surface area contributed by atoms with E-state index in [0.717, 1.165) is 0 Å². The summed E-state index contributed by atoms with van der Waals surface area (Å²) >= 11 is 12.1. The minimum absolute atomic E-state index is 0.0223. The van der Waals surface area contributed by atoms with Crippen LogP contribution in [-0.2, 0) is 19.1 Å². The van der Waals surface area contributed by atoms with Gasteiger partial charge in [0.15, 0.2) is 6.10 Å². The van der Waals surface area contributed by atoms with Crippen molar-refractivity contribution in [2.75, 3.05) is 12.4 Å². The van der Waals surface area contributed by atoms with Gasteiger partial charge in [0.25, 0.3) is 0 Å². The predicted octanol–water partition coefficient (Wildman–Crippen LogP) is 4.13. The van der Waals surface area contributed by atoms with Gasteiger partial charge in [0.2, 0.25) is 0 Å². The first kappa shape index (κ1) is 17.3. The Morgan fingerprint density at radius 2 is 1.88 bits per heavy atom. The Morgan fingerprint density at radius 3 is 2.52 bits per heavy atom. The number of esters is 2. The van der Waals surface area contributed by atoms with Gasteiger partial charge in [0.05, 0.1) is 7.11 Å². The van der Waals surface area contributed by atoms with Gasteiger partial charge in [-0.3, -0.25) is 0 Å². The molecule has 7 heteroatoms. The van der Waals surface area contributed by atoms with Crippen molar-refractivity contribution >= 4 is 40.8 Å². The molecule has 1 unspecified atom stereocenters. The lowest BCUT2D eigenvalue weighted by molar-refractivity contribution is -0.141. The quantitative estimate of drug-likeness (QED) is 0.811. The van der Waals surface area contributed by atoms with Gasteiger partial charge in [-0.25, -0.2) is 9.59 Å². The lowest BCUT2D eigenvalue weighted by Gasteiger charge is -2.14. The molecule has 1 aliphatic rings. The Kier molecular flexibility index (Phi) is 4.97. The Morgan fingerprint density at radius 1 is 1.16 bits per heavy atom. The fraction of sp³-hybridized carbons (Fsp3) is 0.111. The summed E-state index contributed by atoms with van der Waals surface area (Å²) in [6.07, 6.45) is -0.976. The number of hydrogen-bond acceptors (Lipinski definition) is 5. The van der Waals surface area contributed by atoms with Crippen molar-refractivity contribution in [2.24, 2.45) is 0 Å². The highest BCUT2D eigenvalue weighted by atomic mass is 35.5. The first-order chi connectivity index (χ1) is 12.0. The van der Waals surface area contributed by atoms with Crippen LogP contribution >= 0.6 is 23.2 Å². The van der Waals surface area contributed by atoms with E-state index in [-0.39, 0.29) is 16.3 Å². The minimum Gasteiger partial charge on any atom is -0.465 e. The van der Waals surface area contributed by atoms with Gasteiger partial charge >= 0.3 is 11.9 Å². The number of benzene rings is 2. The van der Waals surface area contributed by atoms with Crippen molar-refractivity contribution in [1.82, 2.24) is 0 Å². The van der Waals surface area contributed by atoms with Gasteiger partial charge in [-0.05, 0) is 24.3 Å². The van der Waals surface area contributed by atoms with Crippen LogP contribution in [0.3, 0.4) is 0 Å². The maximum Gasteiger partial charge on any atom is 0.356 e. The molecule has 0 spiro atoms. The van der Waals surface area contributed by atoms with E-state index in [1.807, 2.05) is 6.07 Å². The molecule has 2 aromatic rings. The minimum atomic E-state index is -0.976. The maximum atomic E-state index is 12.4. The molecule has 0 bridgehead atoms. The molecule has 1 aliphatic heterocycles. The summed E-state index contributed by atoms with van der Waals surface area (Å²) in [7, 11) is 1.23. The molecule has 0 saturated carbocycles. The number of nitrogens with one attached hydrogen (secondary N) is 1. The van der Waals surface area contributed by atoms with E-state index >= 15 is 0 Å². The number of ether oxygens (including phenoxy) is 2. The molecule has 1 atom stereocenters. The number of methoxy groups -OCH3 is 1. The zero-order valence-corrected chi connectivity index (χ0v) is 14.6. The highest BCUT2D eigenvalue weighted by molar-refractivity contribution is 6.35. The summed E-state index contributed by atoms with van der Waals surface area (Å²) in [5, 5.41) is 3.64. The smallest absolute Gasteiger partial charge is 0.356 e. The summed E-state index contributed by atoms with van der Waals surface area (Å²) in [5.41, 5.74) is 1.16. The van der Waals surface area contributed by atoms with Gasteiger partial charge < -0.3 is 14.8 Å². The van der Waals surface area contributed by atoms with Gasteiger partial charge in [0.1, 0.15) is 11.3 Å². The lowest BCUT2D eigenvalue weighted by Crippen LogP contribution is -2.14. The SMILES string of the molecule is COC(=O)C1=C(Nc2ccccc2)C(=O)OC1c1ccc(Cl)cc1Cl. The topological polar surface area (TPSA) is 64.6 Å². The van der Waals surface area contributed by atoms with Crippen LogP contribution in [0.25, 0.3) is 0 Å². The van der Waals surface area contributed by atoms with Crippen molar-refractivity contribution < 1.29 is 19.1 Å². The van der Waals surface area contributed by atoms with Crippen LogP contribution in [0.1, 0.15) is 11.7 Å². The molecule has 128 valence electrons. The first-order valence-corrected chi connectivity index (χ1v) is 8.07. The molecule has 0 fully saturated rings. The van der Waals surface area contributed by atoms with Gasteiger partial charge in [-0.1, -0.05) is 47.5 Å². The Bertz CT molecular complexity index is 865. The molecule has 1 N–H and O–H groups in total. The van der Waals surface area contributed by atoms with Crippen molar-refractivity contribution in [1.29, 1.82) is 0 Å².